The topological polar surface area (TPSA) is 93.2 Å². The predicted octanol–water partition coefficient (Wildman–Crippen LogP) is 1.76. The molecule has 1 unspecified atom stereocenters. The van der Waals surface area contributed by atoms with Crippen LogP contribution < -0.4 is 9.47 Å². The number of carbonyl (C=O) groups excluding carboxylic acids is 2. The number of hydrogen-bond donors (Lipinski definition) is 0. The van der Waals surface area contributed by atoms with Gasteiger partial charge in [-0.3, -0.25) is 14.5 Å². The molecule has 158 valence electrons. The fourth-order valence-electron chi connectivity index (χ4n) is 3.79. The van der Waals surface area contributed by atoms with Crippen molar-refractivity contribution in [3.8, 4) is 11.5 Å². The van der Waals surface area contributed by atoms with E-state index >= 15 is 0 Å². The fourth-order valence-corrected chi connectivity index (χ4v) is 6.55. The zero-order chi connectivity index (χ0) is 20.4. The van der Waals surface area contributed by atoms with Crippen molar-refractivity contribution < 1.29 is 27.5 Å². The Morgan fingerprint density at radius 3 is 2.62 bits per heavy atom. The molecule has 3 aliphatic heterocycles. The maximum atomic E-state index is 12.8. The molecule has 1 atom stereocenters. The van der Waals surface area contributed by atoms with Gasteiger partial charge in [0.2, 0.25) is 28.6 Å². The maximum Gasteiger partial charge on any atom is 0.231 e. The molecular formula is C19H24N2O6S2. The summed E-state index contributed by atoms with van der Waals surface area (Å²) >= 11 is 1.73. The van der Waals surface area contributed by atoms with Crippen molar-refractivity contribution in [3.05, 3.63) is 23.8 Å². The largest absolute Gasteiger partial charge is 0.454 e. The third-order valence-electron chi connectivity index (χ3n) is 5.42. The van der Waals surface area contributed by atoms with Crippen LogP contribution >= 0.6 is 11.8 Å². The van der Waals surface area contributed by atoms with Crippen molar-refractivity contribution in [3.63, 3.8) is 0 Å². The molecule has 0 aromatic heterocycles. The van der Waals surface area contributed by atoms with Gasteiger partial charge < -0.3 is 9.47 Å². The van der Waals surface area contributed by atoms with Crippen molar-refractivity contribution in [1.29, 1.82) is 0 Å². The highest BCUT2D eigenvalue weighted by atomic mass is 32.2. The SMILES string of the molecule is O=C1CCCC(=O)N1CCS(=O)(=O)N1CCSC(c2ccc3c(c2)OCO3)CC1. The summed E-state index contributed by atoms with van der Waals surface area (Å²) in [7, 11) is -3.54. The summed E-state index contributed by atoms with van der Waals surface area (Å²) in [6.45, 7) is 1.01. The molecule has 0 N–H and O–H groups in total. The molecule has 8 nitrogen and oxygen atoms in total. The first-order valence-corrected chi connectivity index (χ1v) is 12.4. The predicted molar refractivity (Wildman–Crippen MR) is 108 cm³/mol. The zero-order valence-electron chi connectivity index (χ0n) is 16.0. The van der Waals surface area contributed by atoms with Crippen LogP contribution in [0.4, 0.5) is 0 Å². The molecule has 3 aliphatic rings. The number of imide groups is 1. The number of fused-ring (bicyclic) bond motifs is 1. The van der Waals surface area contributed by atoms with E-state index in [2.05, 4.69) is 0 Å². The molecule has 0 bridgehead atoms. The minimum atomic E-state index is -3.54. The lowest BCUT2D eigenvalue weighted by molar-refractivity contribution is -0.147. The molecule has 2 saturated heterocycles. The van der Waals surface area contributed by atoms with Gasteiger partial charge in [0.15, 0.2) is 11.5 Å². The number of benzene rings is 1. The van der Waals surface area contributed by atoms with E-state index in [1.165, 1.54) is 4.31 Å². The van der Waals surface area contributed by atoms with Gasteiger partial charge in [-0.15, -0.1) is 0 Å². The van der Waals surface area contributed by atoms with Gasteiger partial charge in [-0.25, -0.2) is 12.7 Å². The third-order valence-corrected chi connectivity index (χ3v) is 8.60. The number of thioether (sulfide) groups is 1. The third kappa shape index (κ3) is 4.54. The second-order valence-electron chi connectivity index (χ2n) is 7.27. The molecule has 29 heavy (non-hydrogen) atoms. The summed E-state index contributed by atoms with van der Waals surface area (Å²) in [5.41, 5.74) is 1.10. The molecule has 2 amide bonds. The molecule has 10 heteroatoms. The lowest BCUT2D eigenvalue weighted by atomic mass is 10.1. The highest BCUT2D eigenvalue weighted by molar-refractivity contribution is 7.99. The Morgan fingerprint density at radius 2 is 1.83 bits per heavy atom. The summed E-state index contributed by atoms with van der Waals surface area (Å²) in [6.07, 6.45) is 1.85. The highest BCUT2D eigenvalue weighted by Gasteiger charge is 2.31. The van der Waals surface area contributed by atoms with E-state index in [0.29, 0.717) is 44.5 Å². The minimum absolute atomic E-state index is 0.0603. The van der Waals surface area contributed by atoms with Crippen LogP contribution in [-0.4, -0.2) is 67.4 Å². The molecule has 0 spiro atoms. The van der Waals surface area contributed by atoms with E-state index in [1.807, 2.05) is 18.2 Å². The van der Waals surface area contributed by atoms with Crippen LogP contribution in [0.15, 0.2) is 18.2 Å². The molecule has 0 radical (unpaired) electrons. The summed E-state index contributed by atoms with van der Waals surface area (Å²) in [5, 5.41) is 0.176. The van der Waals surface area contributed by atoms with E-state index in [0.717, 1.165) is 22.0 Å². The molecule has 1 aromatic rings. The van der Waals surface area contributed by atoms with Crippen molar-refractivity contribution in [2.24, 2.45) is 0 Å². The second kappa shape index (κ2) is 8.53. The van der Waals surface area contributed by atoms with Crippen molar-refractivity contribution in [2.75, 3.05) is 37.9 Å². The van der Waals surface area contributed by atoms with E-state index in [4.69, 9.17) is 9.47 Å². The van der Waals surface area contributed by atoms with E-state index in [9.17, 15) is 18.0 Å². The summed E-state index contributed by atoms with van der Waals surface area (Å²) < 4.78 is 37.9. The number of rotatable bonds is 5. The number of piperidine rings is 1. The fraction of sp³-hybridized carbons (Fsp3) is 0.579. The Bertz CT molecular complexity index is 888. The van der Waals surface area contributed by atoms with Crippen LogP contribution in [0.1, 0.15) is 36.5 Å². The summed E-state index contributed by atoms with van der Waals surface area (Å²) in [6, 6.07) is 5.87. The lowest BCUT2D eigenvalue weighted by Crippen LogP contribution is -2.45. The molecule has 1 aromatic carbocycles. The van der Waals surface area contributed by atoms with Crippen molar-refractivity contribution >= 4 is 33.6 Å². The van der Waals surface area contributed by atoms with E-state index < -0.39 is 10.0 Å². The smallest absolute Gasteiger partial charge is 0.231 e. The van der Waals surface area contributed by atoms with Gasteiger partial charge in [0.1, 0.15) is 0 Å². The Hall–Kier alpha value is -1.78. The minimum Gasteiger partial charge on any atom is -0.454 e. The molecule has 3 heterocycles. The van der Waals surface area contributed by atoms with Gasteiger partial charge >= 0.3 is 0 Å². The average molecular weight is 441 g/mol. The number of amides is 2. The number of hydrogen-bond acceptors (Lipinski definition) is 7. The normalized spacial score (nSPS) is 23.3. The lowest BCUT2D eigenvalue weighted by Gasteiger charge is -2.26. The highest BCUT2D eigenvalue weighted by Crippen LogP contribution is 2.40. The quantitative estimate of drug-likeness (QED) is 0.644. The number of carbonyl (C=O) groups is 2. The van der Waals surface area contributed by atoms with Crippen molar-refractivity contribution in [1.82, 2.24) is 9.21 Å². The van der Waals surface area contributed by atoms with Gasteiger partial charge in [0.05, 0.1) is 5.75 Å². The van der Waals surface area contributed by atoms with Crippen LogP contribution in [0, 0.1) is 0 Å². The number of likely N-dealkylation sites (tertiary alicyclic amines) is 1. The first kappa shape index (κ1) is 20.5. The van der Waals surface area contributed by atoms with Gasteiger partial charge in [-0.05, 0) is 30.5 Å². The Balaban J connectivity index is 1.37. The van der Waals surface area contributed by atoms with Crippen LogP contribution in [0.3, 0.4) is 0 Å². The first-order chi connectivity index (χ1) is 13.9. The number of nitrogens with zero attached hydrogens (tertiary/aromatic N) is 2. The Morgan fingerprint density at radius 1 is 1.07 bits per heavy atom. The molecular weight excluding hydrogens is 416 g/mol. The van der Waals surface area contributed by atoms with Crippen molar-refractivity contribution in [2.45, 2.75) is 30.9 Å². The average Bonchev–Trinajstić information content (AvgIpc) is 3.01. The monoisotopic (exact) mass is 440 g/mol. The molecule has 2 fully saturated rings. The van der Waals surface area contributed by atoms with Crippen LogP contribution in [0.5, 0.6) is 11.5 Å². The van der Waals surface area contributed by atoms with Gasteiger partial charge in [-0.2, -0.15) is 11.8 Å². The summed E-state index contributed by atoms with van der Waals surface area (Å²) in [4.78, 5) is 24.9. The summed E-state index contributed by atoms with van der Waals surface area (Å²) in [5.74, 6) is 1.38. The first-order valence-electron chi connectivity index (χ1n) is 9.76. The Kier molecular flexibility index (Phi) is 6.03. The number of ether oxygens (including phenoxy) is 2. The van der Waals surface area contributed by atoms with Crippen LogP contribution in [0.2, 0.25) is 0 Å². The molecule has 0 saturated carbocycles. The molecule has 4 rings (SSSR count). The van der Waals surface area contributed by atoms with E-state index in [1.54, 1.807) is 11.8 Å². The molecule has 0 aliphatic carbocycles. The van der Waals surface area contributed by atoms with E-state index in [-0.39, 0.29) is 36.2 Å². The van der Waals surface area contributed by atoms with Gasteiger partial charge in [-0.1, -0.05) is 6.07 Å². The number of sulfonamides is 1. The zero-order valence-corrected chi connectivity index (χ0v) is 17.7. The standard InChI is InChI=1S/C19H24N2O6S2/c22-18-2-1-3-19(23)21(18)9-11-29(24,25)20-7-6-17(28-10-8-20)14-4-5-15-16(12-14)27-13-26-15/h4-5,12,17H,1-3,6-11,13H2. The van der Waals surface area contributed by atoms with Gasteiger partial charge in [0.25, 0.3) is 0 Å². The van der Waals surface area contributed by atoms with Gasteiger partial charge in [0, 0.05) is 43.5 Å². The Labute approximate surface area is 174 Å². The maximum absolute atomic E-state index is 12.8. The van der Waals surface area contributed by atoms with Crippen LogP contribution in [-0.2, 0) is 19.6 Å². The van der Waals surface area contributed by atoms with Crippen LogP contribution in [0.25, 0.3) is 0 Å². The second-order valence-corrected chi connectivity index (χ2v) is 10.7.